The Balaban J connectivity index is 1.74. The van der Waals surface area contributed by atoms with Crippen molar-refractivity contribution in [3.05, 3.63) is 0 Å². The van der Waals surface area contributed by atoms with Gasteiger partial charge in [-0.1, -0.05) is 27.7 Å². The molecular formula is C16H31N3O. The zero-order valence-corrected chi connectivity index (χ0v) is 14.0. The Labute approximate surface area is 123 Å². The molecule has 1 saturated carbocycles. The number of likely N-dealkylation sites (N-methyl/N-ethyl adjacent to an activating group) is 1. The van der Waals surface area contributed by atoms with E-state index >= 15 is 0 Å². The molecule has 1 saturated heterocycles. The van der Waals surface area contributed by atoms with E-state index in [-0.39, 0.29) is 5.91 Å². The molecule has 0 radical (unpaired) electrons. The Morgan fingerprint density at radius 2 is 1.65 bits per heavy atom. The van der Waals surface area contributed by atoms with E-state index in [0.29, 0.717) is 29.5 Å². The molecule has 0 aromatic rings. The number of likely N-dealkylation sites (tertiary alicyclic amines) is 1. The van der Waals surface area contributed by atoms with Crippen LogP contribution in [-0.4, -0.2) is 61.5 Å². The molecule has 1 aliphatic heterocycles. The van der Waals surface area contributed by atoms with Gasteiger partial charge in [-0.3, -0.25) is 9.69 Å². The number of hydrogen-bond acceptors (Lipinski definition) is 3. The van der Waals surface area contributed by atoms with Gasteiger partial charge in [-0.05, 0) is 23.7 Å². The summed E-state index contributed by atoms with van der Waals surface area (Å²) in [5.41, 5.74) is 0.816. The van der Waals surface area contributed by atoms with Crippen LogP contribution in [-0.2, 0) is 4.79 Å². The Hall–Kier alpha value is -0.610. The van der Waals surface area contributed by atoms with E-state index in [0.717, 1.165) is 25.9 Å². The van der Waals surface area contributed by atoms with Crippen LogP contribution < -0.4 is 5.32 Å². The lowest BCUT2D eigenvalue weighted by atomic mass is 10.0. The monoisotopic (exact) mass is 281 g/mol. The van der Waals surface area contributed by atoms with Crippen LogP contribution in [0.15, 0.2) is 0 Å². The fraction of sp³-hybridized carbons (Fsp3) is 0.938. The van der Waals surface area contributed by atoms with Crippen molar-refractivity contribution < 1.29 is 4.79 Å². The molecular weight excluding hydrogens is 250 g/mol. The maximum atomic E-state index is 11.7. The number of hydrogen-bond donors (Lipinski definition) is 1. The first-order chi connectivity index (χ1) is 9.16. The van der Waals surface area contributed by atoms with Crippen LogP contribution in [0.5, 0.6) is 0 Å². The minimum absolute atomic E-state index is 0.209. The highest BCUT2D eigenvalue weighted by atomic mass is 16.2. The molecule has 1 aliphatic carbocycles. The Morgan fingerprint density at radius 3 is 2.05 bits per heavy atom. The number of rotatable bonds is 4. The van der Waals surface area contributed by atoms with Crippen molar-refractivity contribution in [2.75, 3.05) is 33.7 Å². The van der Waals surface area contributed by atoms with E-state index in [1.807, 2.05) is 14.1 Å². The van der Waals surface area contributed by atoms with Gasteiger partial charge in [-0.2, -0.15) is 0 Å². The summed E-state index contributed by atoms with van der Waals surface area (Å²) in [5, 5.41) is 3.85. The highest BCUT2D eigenvalue weighted by molar-refractivity contribution is 5.77. The summed E-state index contributed by atoms with van der Waals surface area (Å²) in [6.45, 7) is 12.1. The van der Waals surface area contributed by atoms with Gasteiger partial charge in [0.1, 0.15) is 0 Å². The van der Waals surface area contributed by atoms with Gasteiger partial charge in [0, 0.05) is 39.3 Å². The molecule has 0 aromatic carbocycles. The molecule has 20 heavy (non-hydrogen) atoms. The summed E-state index contributed by atoms with van der Waals surface area (Å²) in [5.74, 6) is 0.209. The number of nitrogens with one attached hydrogen (secondary N) is 1. The van der Waals surface area contributed by atoms with E-state index in [4.69, 9.17) is 0 Å². The van der Waals surface area contributed by atoms with Crippen molar-refractivity contribution in [2.45, 2.75) is 52.6 Å². The lowest BCUT2D eigenvalue weighted by Gasteiger charge is -2.33. The molecule has 0 unspecified atom stereocenters. The third kappa shape index (κ3) is 2.86. The predicted octanol–water partition coefficient (Wildman–Crippen LogP) is 1.56. The number of piperidine rings is 1. The Kier molecular flexibility index (Phi) is 4.18. The van der Waals surface area contributed by atoms with Gasteiger partial charge in [0.2, 0.25) is 5.91 Å². The van der Waals surface area contributed by atoms with Gasteiger partial charge in [0.15, 0.2) is 0 Å². The topological polar surface area (TPSA) is 35.6 Å². The number of amides is 1. The molecule has 0 atom stereocenters. The smallest absolute Gasteiger partial charge is 0.236 e. The van der Waals surface area contributed by atoms with E-state index in [1.165, 1.54) is 0 Å². The van der Waals surface area contributed by atoms with Crippen LogP contribution in [0, 0.1) is 10.8 Å². The van der Waals surface area contributed by atoms with Crippen LogP contribution in [0.2, 0.25) is 0 Å². The van der Waals surface area contributed by atoms with Crippen molar-refractivity contribution >= 4 is 5.91 Å². The van der Waals surface area contributed by atoms with Crippen molar-refractivity contribution in [2.24, 2.45) is 10.8 Å². The Bertz CT molecular complexity index is 354. The van der Waals surface area contributed by atoms with Gasteiger partial charge in [-0.25, -0.2) is 0 Å². The molecule has 1 amide bonds. The van der Waals surface area contributed by atoms with E-state index in [1.54, 1.807) is 4.90 Å². The second kappa shape index (κ2) is 5.30. The molecule has 2 fully saturated rings. The fourth-order valence-electron chi connectivity index (χ4n) is 3.44. The molecule has 4 nitrogen and oxygen atoms in total. The molecule has 116 valence electrons. The number of carbonyl (C=O) groups excluding carboxylic acids is 1. The second-order valence-corrected chi connectivity index (χ2v) is 7.88. The molecule has 1 N–H and O–H groups in total. The van der Waals surface area contributed by atoms with Crippen LogP contribution in [0.4, 0.5) is 0 Å². The molecule has 0 spiro atoms. The van der Waals surface area contributed by atoms with Crippen molar-refractivity contribution in [1.82, 2.24) is 15.1 Å². The van der Waals surface area contributed by atoms with Crippen LogP contribution in [0.25, 0.3) is 0 Å². The molecule has 2 rings (SSSR count). The molecule has 0 aromatic heterocycles. The summed E-state index contributed by atoms with van der Waals surface area (Å²) >= 11 is 0. The first-order valence-corrected chi connectivity index (χ1v) is 7.85. The van der Waals surface area contributed by atoms with Gasteiger partial charge < -0.3 is 10.2 Å². The molecule has 1 heterocycles. The van der Waals surface area contributed by atoms with Gasteiger partial charge in [0.05, 0.1) is 6.54 Å². The third-order valence-corrected chi connectivity index (χ3v) is 5.87. The minimum atomic E-state index is 0.209. The maximum absolute atomic E-state index is 11.7. The van der Waals surface area contributed by atoms with Gasteiger partial charge >= 0.3 is 0 Å². The fourth-order valence-corrected chi connectivity index (χ4v) is 3.44. The maximum Gasteiger partial charge on any atom is 0.236 e. The van der Waals surface area contributed by atoms with E-state index < -0.39 is 0 Å². The highest BCUT2D eigenvalue weighted by Gasteiger charge is 2.64. The summed E-state index contributed by atoms with van der Waals surface area (Å²) < 4.78 is 0. The van der Waals surface area contributed by atoms with Crippen molar-refractivity contribution in [1.29, 1.82) is 0 Å². The first-order valence-electron chi connectivity index (χ1n) is 7.85. The summed E-state index contributed by atoms with van der Waals surface area (Å²) in [7, 11) is 3.65. The van der Waals surface area contributed by atoms with Crippen LogP contribution in [0.3, 0.4) is 0 Å². The van der Waals surface area contributed by atoms with Crippen LogP contribution in [0.1, 0.15) is 40.5 Å². The van der Waals surface area contributed by atoms with Crippen LogP contribution >= 0.6 is 0 Å². The summed E-state index contributed by atoms with van der Waals surface area (Å²) in [6, 6.07) is 1.25. The molecule has 4 heteroatoms. The average Bonchev–Trinajstić information content (AvgIpc) is 2.74. The average molecular weight is 281 g/mol. The zero-order valence-electron chi connectivity index (χ0n) is 14.0. The molecule has 2 aliphatic rings. The quantitative estimate of drug-likeness (QED) is 0.849. The Morgan fingerprint density at radius 1 is 1.15 bits per heavy atom. The van der Waals surface area contributed by atoms with Crippen molar-refractivity contribution in [3.63, 3.8) is 0 Å². The normalized spacial score (nSPS) is 26.5. The van der Waals surface area contributed by atoms with Gasteiger partial charge in [0.25, 0.3) is 0 Å². The molecule has 0 bridgehead atoms. The number of carbonyl (C=O) groups is 1. The van der Waals surface area contributed by atoms with E-state index in [9.17, 15) is 4.79 Å². The zero-order chi connectivity index (χ0) is 15.1. The van der Waals surface area contributed by atoms with Gasteiger partial charge in [-0.15, -0.1) is 0 Å². The first kappa shape index (κ1) is 15.8. The third-order valence-electron chi connectivity index (χ3n) is 5.87. The summed E-state index contributed by atoms with van der Waals surface area (Å²) in [4.78, 5) is 15.7. The number of nitrogens with zero attached hydrogens (tertiary/aromatic N) is 2. The highest BCUT2D eigenvalue weighted by Crippen LogP contribution is 2.62. The SMILES string of the molecule is CN(C)C(=O)CN1CCC(NC2C(C)(C)C2(C)C)CC1. The lowest BCUT2D eigenvalue weighted by molar-refractivity contribution is -0.130. The lowest BCUT2D eigenvalue weighted by Crippen LogP contribution is -2.47. The minimum Gasteiger partial charge on any atom is -0.348 e. The second-order valence-electron chi connectivity index (χ2n) is 7.88. The predicted molar refractivity (Wildman–Crippen MR) is 82.6 cm³/mol. The summed E-state index contributed by atoms with van der Waals surface area (Å²) in [6.07, 6.45) is 2.31. The van der Waals surface area contributed by atoms with E-state index in [2.05, 4.69) is 37.9 Å². The van der Waals surface area contributed by atoms with Crippen molar-refractivity contribution in [3.8, 4) is 0 Å². The largest absolute Gasteiger partial charge is 0.348 e. The standard InChI is InChI=1S/C16H31N3O/c1-15(2)14(16(15,3)4)17-12-7-9-19(10-8-12)11-13(20)18(5)6/h12,14,17H,7-11H2,1-6H3.